The van der Waals surface area contributed by atoms with Crippen LogP contribution in [0.15, 0.2) is 73.4 Å². The number of nitrogens with one attached hydrogen (secondary N) is 2. The fraction of sp³-hybridized carbons (Fsp3) is 0.444. The third-order valence-electron chi connectivity index (χ3n) is 8.11. The molecule has 1 fully saturated rings. The Labute approximate surface area is 326 Å². The quantitative estimate of drug-likeness (QED) is 0.138. The van der Waals surface area contributed by atoms with Gasteiger partial charge in [-0.1, -0.05) is 83.3 Å². The molecule has 0 bridgehead atoms. The Hall–Kier alpha value is -2.79. The van der Waals surface area contributed by atoms with E-state index in [9.17, 15) is 28.0 Å². The van der Waals surface area contributed by atoms with E-state index in [4.69, 9.17) is 11.0 Å². The lowest BCUT2D eigenvalue weighted by Gasteiger charge is -2.38. The zero-order valence-electron chi connectivity index (χ0n) is 28.3. The van der Waals surface area contributed by atoms with Crippen LogP contribution in [0.3, 0.4) is 0 Å². The minimum absolute atomic E-state index is 0.0165. The largest absolute Gasteiger partial charge is 0.413 e. The number of rotatable bonds is 14. The molecule has 0 radical (unpaired) electrons. The molecule has 4 atom stereocenters. The molecule has 2 amide bonds. The van der Waals surface area contributed by atoms with Gasteiger partial charge in [0, 0.05) is 23.7 Å². The Bertz CT molecular complexity index is 1690. The lowest BCUT2D eigenvalue weighted by molar-refractivity contribution is -0.197. The number of alkyl halides is 3. The number of amides is 2. The summed E-state index contributed by atoms with van der Waals surface area (Å²) in [6.07, 6.45) is -2.76. The molecule has 1 aliphatic rings. The molecule has 15 heteroatoms. The van der Waals surface area contributed by atoms with E-state index < -0.39 is 29.7 Å². The normalized spacial score (nSPS) is 15.6. The van der Waals surface area contributed by atoms with Crippen LogP contribution in [-0.2, 0) is 9.59 Å². The van der Waals surface area contributed by atoms with Crippen molar-refractivity contribution < 1.29 is 22.8 Å². The molecular formula is C36H40Br3F3N6O2S. The molecule has 0 unspecified atom stereocenters. The summed E-state index contributed by atoms with van der Waals surface area (Å²) < 4.78 is 44.4. The van der Waals surface area contributed by atoms with E-state index in [-0.39, 0.29) is 49.4 Å². The topological polar surface area (TPSA) is 135 Å². The number of nitriles is 2. The number of hydrogen-bond acceptors (Lipinski definition) is 7. The predicted molar refractivity (Wildman–Crippen MR) is 203 cm³/mol. The highest BCUT2D eigenvalue weighted by molar-refractivity contribution is 9.11. The van der Waals surface area contributed by atoms with Crippen molar-refractivity contribution in [3.8, 4) is 12.1 Å². The van der Waals surface area contributed by atoms with E-state index in [1.165, 1.54) is 24.3 Å². The molecule has 1 heterocycles. The van der Waals surface area contributed by atoms with Gasteiger partial charge in [0.25, 0.3) is 0 Å². The maximum atomic E-state index is 13.9. The molecule has 1 aliphatic carbocycles. The molecule has 1 aromatic heterocycles. The molecule has 0 aliphatic heterocycles. The van der Waals surface area contributed by atoms with E-state index >= 15 is 0 Å². The average Bonchev–Trinajstić information content (AvgIpc) is 3.76. The first-order valence-corrected chi connectivity index (χ1v) is 19.5. The maximum absolute atomic E-state index is 13.9. The predicted octanol–water partition coefficient (Wildman–Crippen LogP) is 9.07. The fourth-order valence-electron chi connectivity index (χ4n) is 5.50. The number of halogens is 6. The summed E-state index contributed by atoms with van der Waals surface area (Å²) in [6.45, 7) is 5.98. The Morgan fingerprint density at radius 1 is 1.00 bits per heavy atom. The smallest absolute Gasteiger partial charge is 0.342 e. The molecule has 274 valence electrons. The first kappa shape index (κ1) is 42.6. The molecule has 4 N–H and O–H groups in total. The standard InChI is InChI=1S/C19H21Br2N3OS.C17H19BrF3N3O/c1-12(2)9-16(19(25)23-8-7-22)24-18(17-10-15(21)11-26-17)13-3-5-14(20)6-4-13;1-2-3-13(23)15(25)24(16(10-22)8-9-16)14(17(19,20)21)11-4-6-12(18)7-5-11/h3-6,10-12,16,18,24H,8-9H2,1-2H3,(H,23,25);4-7,13-14H,2-3,8-9,23H2,1H3/t16-,18-;13-,14-/m00/s1. The lowest BCUT2D eigenvalue weighted by Crippen LogP contribution is -2.54. The van der Waals surface area contributed by atoms with Crippen molar-refractivity contribution in [3.63, 3.8) is 0 Å². The third-order valence-corrected chi connectivity index (χ3v) is 10.9. The zero-order valence-corrected chi connectivity index (χ0v) is 33.9. The number of benzene rings is 2. The van der Waals surface area contributed by atoms with Crippen molar-refractivity contribution in [2.75, 3.05) is 6.54 Å². The Morgan fingerprint density at radius 2 is 1.57 bits per heavy atom. The molecule has 3 aromatic rings. The Balaban J connectivity index is 0.000000276. The molecule has 1 saturated carbocycles. The minimum Gasteiger partial charge on any atom is -0.342 e. The van der Waals surface area contributed by atoms with Crippen LogP contribution in [0.1, 0.15) is 81.0 Å². The SMILES string of the molecule is CC(C)C[C@H](N[C@@H](c1ccc(Br)cc1)c1cc(Br)cs1)C(=O)NCC#N.CCC[C@H](N)C(=O)N([C@@H](c1ccc(Br)cc1)C(F)(F)F)C1(C#N)CC1. The van der Waals surface area contributed by atoms with Crippen LogP contribution in [0.4, 0.5) is 13.2 Å². The van der Waals surface area contributed by atoms with Crippen molar-refractivity contribution in [2.45, 2.75) is 88.8 Å². The van der Waals surface area contributed by atoms with Crippen molar-refractivity contribution in [1.29, 1.82) is 10.5 Å². The summed E-state index contributed by atoms with van der Waals surface area (Å²) in [5.74, 6) is -0.620. The summed E-state index contributed by atoms with van der Waals surface area (Å²) in [6, 6.07) is 15.9. The van der Waals surface area contributed by atoms with Crippen molar-refractivity contribution in [3.05, 3.63) is 89.4 Å². The second-order valence-electron chi connectivity index (χ2n) is 12.6. The number of nitrogens with two attached hydrogens (primary N) is 1. The summed E-state index contributed by atoms with van der Waals surface area (Å²) in [5.41, 5.74) is 5.38. The maximum Gasteiger partial charge on any atom is 0.413 e. The molecule has 0 saturated heterocycles. The van der Waals surface area contributed by atoms with Gasteiger partial charge in [0.2, 0.25) is 11.8 Å². The second kappa shape index (κ2) is 19.3. The van der Waals surface area contributed by atoms with Crippen molar-refractivity contribution in [2.24, 2.45) is 11.7 Å². The van der Waals surface area contributed by atoms with Gasteiger partial charge in [0.05, 0.1) is 30.3 Å². The van der Waals surface area contributed by atoms with E-state index in [2.05, 4.69) is 90.5 Å². The van der Waals surface area contributed by atoms with Gasteiger partial charge in [-0.15, -0.1) is 11.3 Å². The highest BCUT2D eigenvalue weighted by atomic mass is 79.9. The highest BCUT2D eigenvalue weighted by Crippen LogP contribution is 2.50. The van der Waals surface area contributed by atoms with Crippen molar-refractivity contribution in [1.82, 2.24) is 15.5 Å². The van der Waals surface area contributed by atoms with Gasteiger partial charge in [0.1, 0.15) is 12.1 Å². The lowest BCUT2D eigenvalue weighted by atomic mass is 9.99. The second-order valence-corrected chi connectivity index (χ2v) is 16.3. The van der Waals surface area contributed by atoms with E-state index in [1.54, 1.807) is 18.3 Å². The van der Waals surface area contributed by atoms with Crippen LogP contribution in [0.5, 0.6) is 0 Å². The van der Waals surface area contributed by atoms with E-state index in [0.29, 0.717) is 28.1 Å². The highest BCUT2D eigenvalue weighted by Gasteiger charge is 2.60. The number of hydrogen-bond donors (Lipinski definition) is 3. The molecule has 51 heavy (non-hydrogen) atoms. The number of carbonyl (C=O) groups excluding carboxylic acids is 2. The minimum atomic E-state index is -4.72. The van der Waals surface area contributed by atoms with Gasteiger partial charge in [-0.3, -0.25) is 14.9 Å². The summed E-state index contributed by atoms with van der Waals surface area (Å²) in [7, 11) is 0. The Kier molecular flexibility index (Phi) is 16.2. The van der Waals surface area contributed by atoms with Crippen LogP contribution in [0, 0.1) is 28.6 Å². The van der Waals surface area contributed by atoms with Crippen LogP contribution in [-0.4, -0.2) is 47.1 Å². The first-order chi connectivity index (χ1) is 24.1. The molecule has 8 nitrogen and oxygen atoms in total. The van der Waals surface area contributed by atoms with Crippen molar-refractivity contribution >= 4 is 70.9 Å². The van der Waals surface area contributed by atoms with Crippen LogP contribution in [0.25, 0.3) is 0 Å². The van der Waals surface area contributed by atoms with Gasteiger partial charge in [0.15, 0.2) is 6.04 Å². The number of thiophene rings is 1. The number of nitrogens with zero attached hydrogens (tertiary/aromatic N) is 3. The molecule has 2 aromatic carbocycles. The first-order valence-electron chi connectivity index (χ1n) is 16.3. The van der Waals surface area contributed by atoms with E-state index in [0.717, 1.165) is 19.4 Å². The average molecular weight is 918 g/mol. The van der Waals surface area contributed by atoms with Gasteiger partial charge in [-0.25, -0.2) is 0 Å². The molecule has 0 spiro atoms. The van der Waals surface area contributed by atoms with Gasteiger partial charge in [-0.05, 0) is 89.0 Å². The van der Waals surface area contributed by atoms with Gasteiger partial charge < -0.3 is 16.0 Å². The Morgan fingerprint density at radius 3 is 2.00 bits per heavy atom. The molecule has 4 rings (SSSR count). The van der Waals surface area contributed by atoms with E-state index in [1.807, 2.05) is 29.7 Å². The number of carbonyl (C=O) groups is 2. The monoisotopic (exact) mass is 914 g/mol. The molecular weight excluding hydrogens is 877 g/mol. The van der Waals surface area contributed by atoms with Gasteiger partial charge >= 0.3 is 6.18 Å². The third kappa shape index (κ3) is 12.1. The van der Waals surface area contributed by atoms with Crippen LogP contribution in [0.2, 0.25) is 0 Å². The fourth-order valence-corrected chi connectivity index (χ4v) is 7.56. The summed E-state index contributed by atoms with van der Waals surface area (Å²) in [5, 5.41) is 26.4. The van der Waals surface area contributed by atoms with Gasteiger partial charge in [-0.2, -0.15) is 23.7 Å². The van der Waals surface area contributed by atoms with Crippen LogP contribution >= 0.6 is 59.1 Å². The summed E-state index contributed by atoms with van der Waals surface area (Å²) >= 11 is 11.8. The van der Waals surface area contributed by atoms with Crippen LogP contribution < -0.4 is 16.4 Å². The summed E-state index contributed by atoms with van der Waals surface area (Å²) in [4.78, 5) is 27.1. The zero-order chi connectivity index (χ0) is 37.9.